The quantitative estimate of drug-likeness (QED) is 0.223. The molecular weight excluding hydrogens is 507 g/mol. The normalized spacial score (nSPS) is 19.5. The van der Waals surface area contributed by atoms with Crippen molar-refractivity contribution in [1.82, 2.24) is 34.8 Å². The van der Waals surface area contributed by atoms with Gasteiger partial charge in [-0.1, -0.05) is 19.9 Å². The highest BCUT2D eigenvalue weighted by Gasteiger charge is 2.34. The second-order valence-corrected chi connectivity index (χ2v) is 10.5. The number of H-pyrrole nitrogens is 1. The van der Waals surface area contributed by atoms with Crippen molar-refractivity contribution in [2.75, 3.05) is 23.9 Å². The van der Waals surface area contributed by atoms with Crippen LogP contribution in [0.1, 0.15) is 51.6 Å². The van der Waals surface area contributed by atoms with Gasteiger partial charge in [0.1, 0.15) is 12.5 Å². The number of halogens is 1. The summed E-state index contributed by atoms with van der Waals surface area (Å²) >= 11 is 0. The second kappa shape index (κ2) is 12.4. The summed E-state index contributed by atoms with van der Waals surface area (Å²) in [7, 11) is 0. The first-order valence-corrected chi connectivity index (χ1v) is 14.1. The van der Waals surface area contributed by atoms with Crippen LogP contribution in [0, 0.1) is 18.3 Å². The van der Waals surface area contributed by atoms with Gasteiger partial charge in [0.2, 0.25) is 5.95 Å². The third-order valence-corrected chi connectivity index (χ3v) is 7.74. The summed E-state index contributed by atoms with van der Waals surface area (Å²) in [6, 6.07) is 11.3. The molecule has 0 spiro atoms. The maximum absolute atomic E-state index is 12.8. The van der Waals surface area contributed by atoms with Crippen molar-refractivity contribution >= 4 is 28.5 Å². The van der Waals surface area contributed by atoms with E-state index in [0.717, 1.165) is 60.0 Å². The van der Waals surface area contributed by atoms with E-state index in [9.17, 15) is 4.39 Å². The monoisotopic (exact) mass is 544 g/mol. The summed E-state index contributed by atoms with van der Waals surface area (Å²) in [6.07, 6.45) is 8.15. The van der Waals surface area contributed by atoms with Gasteiger partial charge < -0.3 is 10.6 Å². The van der Waals surface area contributed by atoms with Crippen molar-refractivity contribution in [2.24, 2.45) is 0 Å². The number of hydrogen-bond donors (Lipinski definition) is 3. The van der Waals surface area contributed by atoms with E-state index in [1.54, 1.807) is 10.9 Å². The zero-order chi connectivity index (χ0) is 28.1. The number of likely N-dealkylation sites (tertiary alicyclic amines) is 1. The van der Waals surface area contributed by atoms with E-state index in [0.29, 0.717) is 36.1 Å². The molecule has 3 aromatic heterocycles. The lowest BCUT2D eigenvalue weighted by molar-refractivity contribution is 0.0734. The van der Waals surface area contributed by atoms with Crippen molar-refractivity contribution in [3.63, 3.8) is 0 Å². The molecule has 3 N–H and O–H groups in total. The molecule has 5 rings (SSSR count). The Hall–Kier alpha value is -4.04. The van der Waals surface area contributed by atoms with Gasteiger partial charge in [-0.15, -0.1) is 0 Å². The second-order valence-electron chi connectivity index (χ2n) is 10.5. The molecule has 1 fully saturated rings. The fourth-order valence-corrected chi connectivity index (χ4v) is 5.76. The molecule has 2 unspecified atom stereocenters. The number of fused-ring (bicyclic) bond motifs is 1. The van der Waals surface area contributed by atoms with Gasteiger partial charge in [-0.25, -0.2) is 9.37 Å². The fourth-order valence-electron chi connectivity index (χ4n) is 5.76. The van der Waals surface area contributed by atoms with E-state index in [4.69, 9.17) is 15.2 Å². The smallest absolute Gasteiger partial charge is 0.225 e. The number of hydrogen-bond acceptors (Lipinski definition) is 8. The van der Waals surface area contributed by atoms with Crippen LogP contribution in [0.3, 0.4) is 0 Å². The van der Waals surface area contributed by atoms with Crippen molar-refractivity contribution < 1.29 is 4.39 Å². The number of aromatic nitrogens is 6. The molecule has 1 aromatic carbocycles. The lowest BCUT2D eigenvalue weighted by Crippen LogP contribution is -2.52. The van der Waals surface area contributed by atoms with Crippen molar-refractivity contribution in [3.8, 4) is 17.2 Å². The number of benzene rings is 1. The minimum atomic E-state index is -0.461. The zero-order valence-corrected chi connectivity index (χ0v) is 23.4. The SMILES string of the molecule is CCC1CC(Nc2nc(Nc3cc(C)[nH]n3)c3ccc(-c4cnn(CCF)c4)cc3n2)CC(CC)N1CCC#N. The highest BCUT2D eigenvalue weighted by atomic mass is 19.1. The molecule has 4 aromatic rings. The number of nitrogens with zero attached hydrogens (tertiary/aromatic N) is 7. The van der Waals surface area contributed by atoms with Crippen LogP contribution in [-0.2, 0) is 6.54 Å². The molecule has 4 heterocycles. The fraction of sp³-hybridized carbons (Fsp3) is 0.483. The van der Waals surface area contributed by atoms with Gasteiger partial charge in [-0.3, -0.25) is 14.7 Å². The average molecular weight is 545 g/mol. The molecule has 10 nitrogen and oxygen atoms in total. The Kier molecular flexibility index (Phi) is 8.55. The first kappa shape index (κ1) is 27.5. The molecule has 1 aliphatic heterocycles. The van der Waals surface area contributed by atoms with E-state index < -0.39 is 6.67 Å². The molecule has 0 aliphatic carbocycles. The first-order chi connectivity index (χ1) is 19.5. The van der Waals surface area contributed by atoms with Crippen LogP contribution in [0.15, 0.2) is 36.7 Å². The molecule has 0 amide bonds. The number of piperidine rings is 1. The largest absolute Gasteiger partial charge is 0.351 e. The highest BCUT2D eigenvalue weighted by molar-refractivity contribution is 5.94. The van der Waals surface area contributed by atoms with Gasteiger partial charge in [0.15, 0.2) is 5.82 Å². The lowest BCUT2D eigenvalue weighted by atomic mass is 9.88. The van der Waals surface area contributed by atoms with E-state index in [1.807, 2.05) is 37.4 Å². The Morgan fingerprint density at radius 2 is 1.90 bits per heavy atom. The topological polar surface area (TPSA) is 123 Å². The van der Waals surface area contributed by atoms with Crippen LogP contribution in [0.2, 0.25) is 0 Å². The van der Waals surface area contributed by atoms with E-state index >= 15 is 0 Å². The van der Waals surface area contributed by atoms with Crippen LogP contribution < -0.4 is 10.6 Å². The molecule has 2 atom stereocenters. The summed E-state index contributed by atoms with van der Waals surface area (Å²) < 4.78 is 14.4. The van der Waals surface area contributed by atoms with E-state index in [1.165, 1.54) is 0 Å². The number of anilines is 3. The third-order valence-electron chi connectivity index (χ3n) is 7.74. The Morgan fingerprint density at radius 1 is 1.10 bits per heavy atom. The molecule has 40 heavy (non-hydrogen) atoms. The molecule has 0 saturated carbocycles. The predicted octanol–water partition coefficient (Wildman–Crippen LogP) is 5.59. The molecule has 0 bridgehead atoms. The van der Waals surface area contributed by atoms with Crippen molar-refractivity contribution in [3.05, 3.63) is 42.4 Å². The molecule has 210 valence electrons. The summed E-state index contributed by atoms with van der Waals surface area (Å²) in [5, 5.41) is 28.6. The number of aryl methyl sites for hydroxylation is 2. The number of nitrogens with one attached hydrogen (secondary N) is 3. The maximum atomic E-state index is 12.8. The Labute approximate surface area is 234 Å². The van der Waals surface area contributed by atoms with Gasteiger partial charge in [-0.05, 0) is 50.3 Å². The lowest BCUT2D eigenvalue weighted by Gasteiger charge is -2.45. The standard InChI is InChI=1S/C29H37FN10/c1-4-23-15-22(16-24(5-2)40(23)11-6-10-31)33-29-34-26-14-20(21-17-32-39(18-21)12-9-30)7-8-25(26)28(36-29)35-27-13-19(3)37-38-27/h7-8,13-14,17-18,22-24H,4-6,9,11-12,15-16H2,1-3H3,(H3,33,34,35,36,37,38). The van der Waals surface area contributed by atoms with Gasteiger partial charge in [0.25, 0.3) is 0 Å². The zero-order valence-electron chi connectivity index (χ0n) is 23.4. The molecule has 0 radical (unpaired) electrons. The average Bonchev–Trinajstić information content (AvgIpc) is 3.60. The van der Waals surface area contributed by atoms with Crippen LogP contribution in [0.25, 0.3) is 22.0 Å². The molecule has 1 aliphatic rings. The molecule has 1 saturated heterocycles. The maximum Gasteiger partial charge on any atom is 0.225 e. The van der Waals surface area contributed by atoms with Crippen molar-refractivity contribution in [2.45, 2.75) is 77.5 Å². The van der Waals surface area contributed by atoms with Crippen LogP contribution in [0.5, 0.6) is 0 Å². The summed E-state index contributed by atoms with van der Waals surface area (Å²) in [5.74, 6) is 1.92. The number of nitriles is 1. The van der Waals surface area contributed by atoms with Crippen LogP contribution in [0.4, 0.5) is 22.0 Å². The minimum absolute atomic E-state index is 0.216. The van der Waals surface area contributed by atoms with Gasteiger partial charge in [0, 0.05) is 60.0 Å². The molecule has 11 heteroatoms. The predicted molar refractivity (Wildman–Crippen MR) is 155 cm³/mol. The van der Waals surface area contributed by atoms with E-state index in [-0.39, 0.29) is 12.6 Å². The van der Waals surface area contributed by atoms with Gasteiger partial charge >= 0.3 is 0 Å². The highest BCUT2D eigenvalue weighted by Crippen LogP contribution is 2.32. The van der Waals surface area contributed by atoms with Crippen molar-refractivity contribution in [1.29, 1.82) is 5.26 Å². The summed E-state index contributed by atoms with van der Waals surface area (Å²) in [6.45, 7) is 6.98. The Balaban J connectivity index is 1.47. The third kappa shape index (κ3) is 6.07. The first-order valence-electron chi connectivity index (χ1n) is 14.1. The molecular formula is C29H37FN10. The van der Waals surface area contributed by atoms with Gasteiger partial charge in [-0.2, -0.15) is 20.4 Å². The number of aromatic amines is 1. The van der Waals surface area contributed by atoms with E-state index in [2.05, 4.69) is 50.7 Å². The number of alkyl halides is 1. The summed E-state index contributed by atoms with van der Waals surface area (Å²) in [4.78, 5) is 12.4. The van der Waals surface area contributed by atoms with Crippen LogP contribution >= 0.6 is 0 Å². The summed E-state index contributed by atoms with van der Waals surface area (Å²) in [5.41, 5.74) is 3.59. The van der Waals surface area contributed by atoms with Crippen LogP contribution in [-0.4, -0.2) is 66.2 Å². The Morgan fingerprint density at radius 3 is 2.58 bits per heavy atom. The number of rotatable bonds is 11. The van der Waals surface area contributed by atoms with Gasteiger partial charge in [0.05, 0.1) is 24.3 Å². The Bertz CT molecular complexity index is 1460. The minimum Gasteiger partial charge on any atom is -0.351 e.